The van der Waals surface area contributed by atoms with Gasteiger partial charge in [0.2, 0.25) is 5.91 Å². The summed E-state index contributed by atoms with van der Waals surface area (Å²) in [7, 11) is 0. The highest BCUT2D eigenvalue weighted by atomic mass is 16.1. The van der Waals surface area contributed by atoms with Crippen LogP contribution in [0.25, 0.3) is 0 Å². The molecule has 1 aromatic rings. The second kappa shape index (κ2) is 7.29. The third-order valence-electron chi connectivity index (χ3n) is 3.77. The van der Waals surface area contributed by atoms with Crippen LogP contribution in [-0.2, 0) is 4.79 Å². The summed E-state index contributed by atoms with van der Waals surface area (Å²) in [6.45, 7) is 3.98. The van der Waals surface area contributed by atoms with Crippen LogP contribution in [-0.4, -0.2) is 19.0 Å². The fraction of sp³-hybridized carbons (Fsp3) is 0.562. The molecule has 3 heteroatoms. The van der Waals surface area contributed by atoms with E-state index in [-0.39, 0.29) is 11.9 Å². The zero-order chi connectivity index (χ0) is 13.5. The van der Waals surface area contributed by atoms with Crippen LogP contribution in [0.5, 0.6) is 0 Å². The van der Waals surface area contributed by atoms with Gasteiger partial charge in [0, 0.05) is 19.5 Å². The zero-order valence-electron chi connectivity index (χ0n) is 11.6. The monoisotopic (exact) mass is 259 g/mol. The molecule has 1 amide bonds. The summed E-state index contributed by atoms with van der Waals surface area (Å²) in [4.78, 5) is 11.9. The van der Waals surface area contributed by atoms with E-state index in [4.69, 9.17) is 0 Å². The fourth-order valence-corrected chi connectivity index (χ4v) is 2.57. The van der Waals surface area contributed by atoms with Gasteiger partial charge in [-0.15, -0.1) is 0 Å². The van der Waals surface area contributed by atoms with E-state index in [1.165, 1.54) is 12.8 Å². The minimum absolute atomic E-state index is 0.0877. The standard InChI is InChI=1S/C16H23N2O/c1-13(15-7-3-2-4-8-15)18-16(19)10-9-14-6-5-11-17-12-14/h2-4,7-8,13-14H,5-6,9-12H2,1H3,(H,18,19). The van der Waals surface area contributed by atoms with E-state index < -0.39 is 0 Å². The Hall–Kier alpha value is -1.35. The highest BCUT2D eigenvalue weighted by Gasteiger charge is 2.16. The Morgan fingerprint density at radius 2 is 2.21 bits per heavy atom. The van der Waals surface area contributed by atoms with Gasteiger partial charge in [-0.25, -0.2) is 5.32 Å². The first-order valence-corrected chi connectivity index (χ1v) is 7.23. The Kier molecular flexibility index (Phi) is 5.40. The normalized spacial score (nSPS) is 20.8. The van der Waals surface area contributed by atoms with Gasteiger partial charge in [0.1, 0.15) is 0 Å². The van der Waals surface area contributed by atoms with Crippen molar-refractivity contribution in [3.63, 3.8) is 0 Å². The molecule has 0 bridgehead atoms. The number of nitrogens with one attached hydrogen (secondary N) is 1. The van der Waals surface area contributed by atoms with Crippen LogP contribution in [0, 0.1) is 5.92 Å². The largest absolute Gasteiger partial charge is 0.350 e. The maximum atomic E-state index is 11.9. The van der Waals surface area contributed by atoms with E-state index in [1.807, 2.05) is 37.3 Å². The second-order valence-corrected chi connectivity index (χ2v) is 5.38. The molecular formula is C16H23N2O. The highest BCUT2D eigenvalue weighted by molar-refractivity contribution is 5.76. The highest BCUT2D eigenvalue weighted by Crippen LogP contribution is 2.17. The lowest BCUT2D eigenvalue weighted by atomic mass is 9.94. The predicted octanol–water partition coefficient (Wildman–Crippen LogP) is 2.66. The van der Waals surface area contributed by atoms with Crippen molar-refractivity contribution < 1.29 is 4.79 Å². The molecule has 1 aliphatic rings. The minimum atomic E-state index is 0.0877. The maximum Gasteiger partial charge on any atom is 0.220 e. The average Bonchev–Trinajstić information content (AvgIpc) is 2.47. The van der Waals surface area contributed by atoms with Crippen LogP contribution < -0.4 is 10.6 Å². The predicted molar refractivity (Wildman–Crippen MR) is 76.8 cm³/mol. The molecule has 1 N–H and O–H groups in total. The third kappa shape index (κ3) is 4.67. The lowest BCUT2D eigenvalue weighted by Crippen LogP contribution is -2.29. The van der Waals surface area contributed by atoms with Crippen molar-refractivity contribution in [2.75, 3.05) is 13.1 Å². The first kappa shape index (κ1) is 14.1. The average molecular weight is 259 g/mol. The Morgan fingerprint density at radius 3 is 2.89 bits per heavy atom. The summed E-state index contributed by atoms with van der Waals surface area (Å²) < 4.78 is 0. The van der Waals surface area contributed by atoms with Crippen LogP contribution in [0.1, 0.15) is 44.2 Å². The molecule has 0 spiro atoms. The van der Waals surface area contributed by atoms with Gasteiger partial charge in [0.25, 0.3) is 0 Å². The second-order valence-electron chi connectivity index (χ2n) is 5.38. The Bertz CT molecular complexity index is 385. The molecule has 0 aliphatic carbocycles. The molecule has 1 saturated heterocycles. The van der Waals surface area contributed by atoms with E-state index in [0.29, 0.717) is 12.3 Å². The lowest BCUT2D eigenvalue weighted by molar-refractivity contribution is -0.122. The summed E-state index contributed by atoms with van der Waals surface area (Å²) >= 11 is 0. The Labute approximate surface area is 115 Å². The van der Waals surface area contributed by atoms with Crippen molar-refractivity contribution in [1.29, 1.82) is 0 Å². The van der Waals surface area contributed by atoms with Crippen LogP contribution in [0.4, 0.5) is 0 Å². The zero-order valence-corrected chi connectivity index (χ0v) is 11.6. The summed E-state index contributed by atoms with van der Waals surface area (Å²) in [6.07, 6.45) is 4.01. The minimum Gasteiger partial charge on any atom is -0.350 e. The molecule has 2 unspecified atom stereocenters. The van der Waals surface area contributed by atoms with Crippen LogP contribution in [0.15, 0.2) is 30.3 Å². The molecule has 2 rings (SSSR count). The number of nitrogens with zero attached hydrogens (tertiary/aromatic N) is 1. The number of hydrogen-bond donors (Lipinski definition) is 1. The van der Waals surface area contributed by atoms with Gasteiger partial charge in [-0.05, 0) is 37.7 Å². The van der Waals surface area contributed by atoms with Gasteiger partial charge < -0.3 is 5.32 Å². The number of carbonyl (C=O) groups excluding carboxylic acids is 1. The van der Waals surface area contributed by atoms with Crippen molar-refractivity contribution in [2.24, 2.45) is 5.92 Å². The number of benzene rings is 1. The van der Waals surface area contributed by atoms with E-state index in [1.54, 1.807) is 0 Å². The van der Waals surface area contributed by atoms with Gasteiger partial charge in [-0.3, -0.25) is 4.79 Å². The topological polar surface area (TPSA) is 43.2 Å². The van der Waals surface area contributed by atoms with E-state index in [9.17, 15) is 4.79 Å². The van der Waals surface area contributed by atoms with E-state index >= 15 is 0 Å². The van der Waals surface area contributed by atoms with Gasteiger partial charge in [0.05, 0.1) is 6.04 Å². The molecule has 1 aromatic carbocycles. The SMILES string of the molecule is CC(NC(=O)CCC1CCC[N]C1)c1ccccc1. The molecule has 1 fully saturated rings. The number of carbonyl (C=O) groups is 1. The van der Waals surface area contributed by atoms with Crippen LogP contribution in [0.3, 0.4) is 0 Å². The number of amides is 1. The van der Waals surface area contributed by atoms with Gasteiger partial charge in [-0.2, -0.15) is 0 Å². The summed E-state index contributed by atoms with van der Waals surface area (Å²) in [5, 5.41) is 7.48. The molecule has 1 heterocycles. The molecule has 2 atom stereocenters. The van der Waals surface area contributed by atoms with E-state index in [0.717, 1.165) is 25.1 Å². The maximum absolute atomic E-state index is 11.9. The molecule has 0 aromatic heterocycles. The number of piperidine rings is 1. The first-order chi connectivity index (χ1) is 9.25. The summed E-state index contributed by atoms with van der Waals surface area (Å²) in [5.74, 6) is 0.772. The molecule has 1 aliphatic heterocycles. The summed E-state index contributed by atoms with van der Waals surface area (Å²) in [5.41, 5.74) is 1.16. The number of rotatable bonds is 5. The van der Waals surface area contributed by atoms with Gasteiger partial charge in [0.15, 0.2) is 0 Å². The van der Waals surface area contributed by atoms with Crippen molar-refractivity contribution in [1.82, 2.24) is 10.6 Å². The Balaban J connectivity index is 1.71. The number of hydrogen-bond acceptors (Lipinski definition) is 1. The smallest absolute Gasteiger partial charge is 0.220 e. The molecule has 3 nitrogen and oxygen atoms in total. The first-order valence-electron chi connectivity index (χ1n) is 7.23. The lowest BCUT2D eigenvalue weighted by Gasteiger charge is -2.21. The fourth-order valence-electron chi connectivity index (χ4n) is 2.57. The van der Waals surface area contributed by atoms with Crippen molar-refractivity contribution >= 4 is 5.91 Å². The van der Waals surface area contributed by atoms with Crippen molar-refractivity contribution in [2.45, 2.75) is 38.6 Å². The molecule has 0 saturated carbocycles. The van der Waals surface area contributed by atoms with Gasteiger partial charge >= 0.3 is 0 Å². The van der Waals surface area contributed by atoms with Crippen LogP contribution >= 0.6 is 0 Å². The Morgan fingerprint density at radius 1 is 1.42 bits per heavy atom. The van der Waals surface area contributed by atoms with Crippen molar-refractivity contribution in [3.8, 4) is 0 Å². The van der Waals surface area contributed by atoms with Crippen LogP contribution in [0.2, 0.25) is 0 Å². The van der Waals surface area contributed by atoms with Crippen molar-refractivity contribution in [3.05, 3.63) is 35.9 Å². The van der Waals surface area contributed by atoms with E-state index in [2.05, 4.69) is 10.6 Å². The molecular weight excluding hydrogens is 236 g/mol. The quantitative estimate of drug-likeness (QED) is 0.868. The summed E-state index contributed by atoms with van der Waals surface area (Å²) in [6, 6.07) is 10.2. The van der Waals surface area contributed by atoms with Gasteiger partial charge in [-0.1, -0.05) is 30.3 Å². The molecule has 103 valence electrons. The third-order valence-corrected chi connectivity index (χ3v) is 3.77. The molecule has 19 heavy (non-hydrogen) atoms. The molecule has 1 radical (unpaired) electrons.